The van der Waals surface area contributed by atoms with Gasteiger partial charge in [-0.3, -0.25) is 9.59 Å². The first kappa shape index (κ1) is 22.3. The molecule has 6 heteroatoms. The highest BCUT2D eigenvalue weighted by atomic mass is 16.2. The number of aromatic nitrogens is 2. The predicted octanol–water partition coefficient (Wildman–Crippen LogP) is 5.44. The van der Waals surface area contributed by atoms with E-state index in [1.807, 2.05) is 61.0 Å². The lowest BCUT2D eigenvalue weighted by molar-refractivity contribution is -0.117. The summed E-state index contributed by atoms with van der Waals surface area (Å²) in [5, 5.41) is 10.4. The second-order valence-electron chi connectivity index (χ2n) is 8.22. The molecule has 0 spiro atoms. The van der Waals surface area contributed by atoms with Crippen molar-refractivity contribution in [2.75, 3.05) is 10.6 Å². The molecule has 1 aromatic heterocycles. The Morgan fingerprint density at radius 2 is 1.73 bits per heavy atom. The average Bonchev–Trinajstić information content (AvgIpc) is 3.42. The number of carbonyl (C=O) groups excluding carboxylic acids is 2. The molecule has 2 aromatic carbocycles. The number of para-hydroxylation sites is 3. The van der Waals surface area contributed by atoms with E-state index in [4.69, 9.17) is 0 Å². The first-order valence-electron chi connectivity index (χ1n) is 11.2. The van der Waals surface area contributed by atoms with Gasteiger partial charge in [0.1, 0.15) is 0 Å². The standard InChI is InChI=1S/C27H28N4O2/c1-19-23(20(2)31(30-19)22-12-4-3-5-13-22)16-17-26(32)28-24-14-8-9-15-25(24)29-27(33)18-21-10-6-7-11-21/h3-6,8-10,12-17,21H,7,11,18H2,1-2H3,(H,28,32)(H,29,33). The summed E-state index contributed by atoms with van der Waals surface area (Å²) in [6.07, 6.45) is 9.97. The van der Waals surface area contributed by atoms with Crippen LogP contribution in [0.3, 0.4) is 0 Å². The maximum Gasteiger partial charge on any atom is 0.248 e. The molecule has 1 heterocycles. The number of anilines is 2. The van der Waals surface area contributed by atoms with Gasteiger partial charge in [-0.1, -0.05) is 42.5 Å². The third-order valence-electron chi connectivity index (χ3n) is 5.77. The summed E-state index contributed by atoms with van der Waals surface area (Å²) < 4.78 is 1.87. The van der Waals surface area contributed by atoms with E-state index in [1.54, 1.807) is 18.2 Å². The summed E-state index contributed by atoms with van der Waals surface area (Å²) in [6, 6.07) is 17.1. The third-order valence-corrected chi connectivity index (χ3v) is 5.77. The van der Waals surface area contributed by atoms with Gasteiger partial charge in [0.05, 0.1) is 22.8 Å². The van der Waals surface area contributed by atoms with E-state index in [2.05, 4.69) is 27.9 Å². The number of allylic oxidation sites excluding steroid dienone is 2. The number of hydrogen-bond donors (Lipinski definition) is 2. The molecule has 6 nitrogen and oxygen atoms in total. The van der Waals surface area contributed by atoms with Crippen LogP contribution in [0.4, 0.5) is 11.4 Å². The molecule has 1 unspecified atom stereocenters. The Balaban J connectivity index is 1.44. The highest BCUT2D eigenvalue weighted by molar-refractivity contribution is 6.05. The summed E-state index contributed by atoms with van der Waals surface area (Å²) >= 11 is 0. The molecule has 4 rings (SSSR count). The summed E-state index contributed by atoms with van der Waals surface area (Å²) in [6.45, 7) is 3.91. The molecular formula is C27H28N4O2. The molecule has 2 amide bonds. The smallest absolute Gasteiger partial charge is 0.248 e. The van der Waals surface area contributed by atoms with Gasteiger partial charge in [-0.05, 0) is 62.9 Å². The van der Waals surface area contributed by atoms with Crippen LogP contribution in [0.25, 0.3) is 11.8 Å². The summed E-state index contributed by atoms with van der Waals surface area (Å²) in [4.78, 5) is 25.1. The van der Waals surface area contributed by atoms with Crippen molar-refractivity contribution in [1.82, 2.24) is 9.78 Å². The Labute approximate surface area is 194 Å². The monoisotopic (exact) mass is 440 g/mol. The Morgan fingerprint density at radius 3 is 2.42 bits per heavy atom. The molecule has 0 saturated heterocycles. The quantitative estimate of drug-likeness (QED) is 0.380. The zero-order valence-corrected chi connectivity index (χ0v) is 18.9. The maximum atomic E-state index is 12.7. The van der Waals surface area contributed by atoms with Gasteiger partial charge in [-0.15, -0.1) is 0 Å². The molecule has 33 heavy (non-hydrogen) atoms. The van der Waals surface area contributed by atoms with Crippen molar-refractivity contribution in [2.45, 2.75) is 33.1 Å². The fraction of sp³-hybridized carbons (Fsp3) is 0.222. The first-order valence-corrected chi connectivity index (χ1v) is 11.2. The number of hydrogen-bond acceptors (Lipinski definition) is 3. The Morgan fingerprint density at radius 1 is 1.03 bits per heavy atom. The number of nitrogens with zero attached hydrogens (tertiary/aromatic N) is 2. The summed E-state index contributed by atoms with van der Waals surface area (Å²) in [7, 11) is 0. The van der Waals surface area contributed by atoms with E-state index in [9.17, 15) is 9.59 Å². The lowest BCUT2D eigenvalue weighted by Crippen LogP contribution is -2.17. The Kier molecular flexibility index (Phi) is 6.83. The van der Waals surface area contributed by atoms with Crippen LogP contribution >= 0.6 is 0 Å². The fourth-order valence-electron chi connectivity index (χ4n) is 4.06. The van der Waals surface area contributed by atoms with Crippen LogP contribution in [-0.4, -0.2) is 21.6 Å². The highest BCUT2D eigenvalue weighted by Gasteiger charge is 2.16. The van der Waals surface area contributed by atoms with Crippen molar-refractivity contribution < 1.29 is 9.59 Å². The van der Waals surface area contributed by atoms with Gasteiger partial charge in [0.2, 0.25) is 11.8 Å². The van der Waals surface area contributed by atoms with Crippen molar-refractivity contribution in [3.63, 3.8) is 0 Å². The van der Waals surface area contributed by atoms with Crippen molar-refractivity contribution in [3.05, 3.63) is 89.8 Å². The summed E-state index contributed by atoms with van der Waals surface area (Å²) in [5.41, 5.74) is 4.83. The molecule has 1 aliphatic rings. The number of amides is 2. The number of benzene rings is 2. The third kappa shape index (κ3) is 5.47. The van der Waals surface area contributed by atoms with Gasteiger partial charge in [0.15, 0.2) is 0 Å². The van der Waals surface area contributed by atoms with E-state index in [0.717, 1.165) is 35.5 Å². The molecule has 3 aromatic rings. The molecule has 0 saturated carbocycles. The number of carbonyl (C=O) groups is 2. The number of nitrogens with one attached hydrogen (secondary N) is 2. The minimum atomic E-state index is -0.276. The molecule has 1 aliphatic carbocycles. The first-order chi connectivity index (χ1) is 16.0. The normalized spacial score (nSPS) is 15.2. The molecule has 0 fully saturated rings. The maximum absolute atomic E-state index is 12.7. The second kappa shape index (κ2) is 10.1. The minimum absolute atomic E-state index is 0.0524. The molecule has 2 N–H and O–H groups in total. The van der Waals surface area contributed by atoms with E-state index < -0.39 is 0 Å². The lowest BCUT2D eigenvalue weighted by Gasteiger charge is -2.13. The van der Waals surface area contributed by atoms with Gasteiger partial charge in [0, 0.05) is 23.8 Å². The molecular weight excluding hydrogens is 412 g/mol. The highest BCUT2D eigenvalue weighted by Crippen LogP contribution is 2.25. The van der Waals surface area contributed by atoms with E-state index in [1.165, 1.54) is 6.08 Å². The van der Waals surface area contributed by atoms with Crippen LogP contribution in [0.5, 0.6) is 0 Å². The number of aryl methyl sites for hydroxylation is 1. The predicted molar refractivity (Wildman–Crippen MR) is 132 cm³/mol. The van der Waals surface area contributed by atoms with Crippen LogP contribution in [0, 0.1) is 19.8 Å². The minimum Gasteiger partial charge on any atom is -0.324 e. The second-order valence-corrected chi connectivity index (χ2v) is 8.22. The molecule has 0 aliphatic heterocycles. The molecule has 0 radical (unpaired) electrons. The topological polar surface area (TPSA) is 76.0 Å². The van der Waals surface area contributed by atoms with Crippen LogP contribution < -0.4 is 10.6 Å². The van der Waals surface area contributed by atoms with Gasteiger partial charge >= 0.3 is 0 Å². The number of rotatable bonds is 7. The molecule has 1 atom stereocenters. The SMILES string of the molecule is Cc1nn(-c2ccccc2)c(C)c1C=CC(=O)Nc1ccccc1NC(=O)CC1C=CCC1. The van der Waals surface area contributed by atoms with E-state index >= 15 is 0 Å². The largest absolute Gasteiger partial charge is 0.324 e. The van der Waals surface area contributed by atoms with Gasteiger partial charge in [-0.25, -0.2) is 4.68 Å². The lowest BCUT2D eigenvalue weighted by atomic mass is 10.0. The van der Waals surface area contributed by atoms with E-state index in [0.29, 0.717) is 17.8 Å². The van der Waals surface area contributed by atoms with Gasteiger partial charge < -0.3 is 10.6 Å². The van der Waals surface area contributed by atoms with Gasteiger partial charge in [0.25, 0.3) is 0 Å². The zero-order valence-electron chi connectivity index (χ0n) is 18.9. The molecule has 168 valence electrons. The van der Waals surface area contributed by atoms with Crippen LogP contribution in [0.2, 0.25) is 0 Å². The zero-order chi connectivity index (χ0) is 23.2. The fourth-order valence-corrected chi connectivity index (χ4v) is 4.06. The van der Waals surface area contributed by atoms with Crippen molar-refractivity contribution >= 4 is 29.3 Å². The van der Waals surface area contributed by atoms with Crippen LogP contribution in [-0.2, 0) is 9.59 Å². The van der Waals surface area contributed by atoms with Crippen molar-refractivity contribution in [3.8, 4) is 5.69 Å². The van der Waals surface area contributed by atoms with Crippen molar-refractivity contribution in [1.29, 1.82) is 0 Å². The Hall–Kier alpha value is -3.93. The molecule has 0 bridgehead atoms. The van der Waals surface area contributed by atoms with Crippen LogP contribution in [0.15, 0.2) is 72.8 Å². The van der Waals surface area contributed by atoms with Crippen molar-refractivity contribution in [2.24, 2.45) is 5.92 Å². The Bertz CT molecular complexity index is 1210. The van der Waals surface area contributed by atoms with Crippen LogP contribution in [0.1, 0.15) is 36.2 Å². The van der Waals surface area contributed by atoms with E-state index in [-0.39, 0.29) is 17.7 Å². The average molecular weight is 441 g/mol. The summed E-state index contributed by atoms with van der Waals surface area (Å²) in [5.74, 6) is -0.0389. The van der Waals surface area contributed by atoms with Gasteiger partial charge in [-0.2, -0.15) is 5.10 Å².